The first-order valence-corrected chi connectivity index (χ1v) is 7.80. The molecule has 1 aromatic heterocycles. The molecule has 0 atom stereocenters. The molecular weight excluding hydrogens is 298 g/mol. The van der Waals surface area contributed by atoms with Crippen LogP contribution in [0.4, 0.5) is 17.2 Å². The van der Waals surface area contributed by atoms with E-state index < -0.39 is 0 Å². The maximum absolute atomic E-state index is 12.0. The van der Waals surface area contributed by atoms with Crippen LogP contribution in [0, 0.1) is 5.92 Å². The first-order valence-electron chi connectivity index (χ1n) is 7.42. The highest BCUT2D eigenvalue weighted by molar-refractivity contribution is 6.33. The summed E-state index contributed by atoms with van der Waals surface area (Å²) in [6.07, 6.45) is 3.31. The molecule has 116 valence electrons. The summed E-state index contributed by atoms with van der Waals surface area (Å²) in [7, 11) is 0. The van der Waals surface area contributed by atoms with Gasteiger partial charge in [-0.3, -0.25) is 4.79 Å². The van der Waals surface area contributed by atoms with Crippen LogP contribution in [0.3, 0.4) is 0 Å². The number of nitrogens with one attached hydrogen (secondary N) is 2. The van der Waals surface area contributed by atoms with Crippen molar-refractivity contribution in [2.45, 2.75) is 26.7 Å². The molecule has 0 saturated carbocycles. The smallest absolute Gasteiger partial charge is 0.227 e. The van der Waals surface area contributed by atoms with E-state index in [1.54, 1.807) is 6.20 Å². The van der Waals surface area contributed by atoms with Crippen molar-refractivity contribution >= 4 is 34.7 Å². The summed E-state index contributed by atoms with van der Waals surface area (Å²) >= 11 is 6.09. The lowest BCUT2D eigenvalue weighted by molar-refractivity contribution is -0.120. The summed E-state index contributed by atoms with van der Waals surface area (Å²) in [6, 6.07) is 11.1. The zero-order valence-corrected chi connectivity index (χ0v) is 13.5. The summed E-state index contributed by atoms with van der Waals surface area (Å²) in [4.78, 5) is 16.3. The second kappa shape index (κ2) is 7.80. The molecule has 4 nitrogen and oxygen atoms in total. The van der Waals surface area contributed by atoms with E-state index in [0.29, 0.717) is 16.5 Å². The van der Waals surface area contributed by atoms with Gasteiger partial charge in [-0.25, -0.2) is 4.98 Å². The molecule has 0 spiro atoms. The number of amides is 1. The van der Waals surface area contributed by atoms with Crippen LogP contribution in [0.25, 0.3) is 0 Å². The van der Waals surface area contributed by atoms with Crippen LogP contribution in [-0.4, -0.2) is 10.9 Å². The van der Waals surface area contributed by atoms with Crippen LogP contribution >= 0.6 is 11.6 Å². The number of halogens is 1. The van der Waals surface area contributed by atoms with Crippen LogP contribution in [0.5, 0.6) is 0 Å². The molecule has 2 N–H and O–H groups in total. The van der Waals surface area contributed by atoms with Crippen LogP contribution in [0.15, 0.2) is 42.6 Å². The highest BCUT2D eigenvalue weighted by Crippen LogP contribution is 2.24. The molecule has 5 heteroatoms. The first-order chi connectivity index (χ1) is 10.6. The zero-order valence-electron chi connectivity index (χ0n) is 12.8. The fraction of sp³-hybridized carbons (Fsp3) is 0.294. The number of pyridine rings is 1. The van der Waals surface area contributed by atoms with Crippen molar-refractivity contribution in [2.24, 2.45) is 5.92 Å². The molecule has 0 aliphatic rings. The van der Waals surface area contributed by atoms with Gasteiger partial charge in [-0.15, -0.1) is 0 Å². The largest absolute Gasteiger partial charge is 0.339 e. The van der Waals surface area contributed by atoms with Crippen molar-refractivity contribution in [3.05, 3.63) is 47.6 Å². The molecule has 0 radical (unpaired) electrons. The van der Waals surface area contributed by atoms with Gasteiger partial charge in [0.25, 0.3) is 0 Å². The van der Waals surface area contributed by atoms with E-state index >= 15 is 0 Å². The molecule has 0 saturated heterocycles. The minimum Gasteiger partial charge on any atom is -0.339 e. The van der Waals surface area contributed by atoms with Gasteiger partial charge in [-0.1, -0.05) is 37.6 Å². The van der Waals surface area contributed by atoms with Gasteiger partial charge in [0, 0.05) is 5.92 Å². The quantitative estimate of drug-likeness (QED) is 0.800. The topological polar surface area (TPSA) is 54.0 Å². The second-order valence-corrected chi connectivity index (χ2v) is 5.45. The summed E-state index contributed by atoms with van der Waals surface area (Å²) < 4.78 is 0. The molecule has 2 rings (SSSR count). The van der Waals surface area contributed by atoms with E-state index in [-0.39, 0.29) is 11.8 Å². The second-order valence-electron chi connectivity index (χ2n) is 5.04. The van der Waals surface area contributed by atoms with Gasteiger partial charge < -0.3 is 10.6 Å². The van der Waals surface area contributed by atoms with Crippen molar-refractivity contribution < 1.29 is 4.79 Å². The number of benzene rings is 1. The van der Waals surface area contributed by atoms with Crippen molar-refractivity contribution in [1.29, 1.82) is 0 Å². The number of rotatable bonds is 6. The van der Waals surface area contributed by atoms with E-state index in [0.717, 1.165) is 18.5 Å². The Morgan fingerprint density at radius 2 is 1.91 bits per heavy atom. The number of nitrogens with zero attached hydrogens (tertiary/aromatic N) is 1. The van der Waals surface area contributed by atoms with Crippen molar-refractivity contribution in [2.75, 3.05) is 10.6 Å². The van der Waals surface area contributed by atoms with Crippen LogP contribution in [0.2, 0.25) is 5.02 Å². The molecule has 1 heterocycles. The van der Waals surface area contributed by atoms with Crippen molar-refractivity contribution in [1.82, 2.24) is 4.98 Å². The minimum absolute atomic E-state index is 0.0404. The van der Waals surface area contributed by atoms with Gasteiger partial charge in [0.1, 0.15) is 5.82 Å². The zero-order chi connectivity index (χ0) is 15.9. The summed E-state index contributed by atoms with van der Waals surface area (Å²) in [5, 5.41) is 6.67. The number of hydrogen-bond donors (Lipinski definition) is 2. The molecule has 0 aliphatic heterocycles. The van der Waals surface area contributed by atoms with Crippen LogP contribution < -0.4 is 10.6 Å². The SMILES string of the molecule is CCC(CC)C(=O)Nc1ccc(Nc2ccccc2Cl)nc1. The van der Waals surface area contributed by atoms with Crippen molar-refractivity contribution in [3.63, 3.8) is 0 Å². The van der Waals surface area contributed by atoms with E-state index in [2.05, 4.69) is 15.6 Å². The standard InChI is InChI=1S/C17H20ClN3O/c1-3-12(4-2)17(22)20-13-9-10-16(19-11-13)21-15-8-6-5-7-14(15)18/h5-12H,3-4H2,1-2H3,(H,19,21)(H,20,22). The fourth-order valence-corrected chi connectivity index (χ4v) is 2.33. The Labute approximate surface area is 135 Å². The van der Waals surface area contributed by atoms with Crippen LogP contribution in [0.1, 0.15) is 26.7 Å². The number of hydrogen-bond acceptors (Lipinski definition) is 3. The first kappa shape index (κ1) is 16.3. The number of carbonyl (C=O) groups is 1. The van der Waals surface area contributed by atoms with Gasteiger partial charge in [-0.05, 0) is 37.1 Å². The Morgan fingerprint density at radius 3 is 2.50 bits per heavy atom. The molecule has 22 heavy (non-hydrogen) atoms. The third-order valence-electron chi connectivity index (χ3n) is 3.52. The Kier molecular flexibility index (Phi) is 5.78. The van der Waals surface area contributed by atoms with Crippen molar-refractivity contribution in [3.8, 4) is 0 Å². The van der Waals surface area contributed by atoms with E-state index in [9.17, 15) is 4.79 Å². The van der Waals surface area contributed by atoms with Gasteiger partial charge in [0.05, 0.1) is 22.6 Å². The number of aromatic nitrogens is 1. The molecule has 0 aliphatic carbocycles. The summed E-state index contributed by atoms with van der Waals surface area (Å²) in [5.41, 5.74) is 1.49. The van der Waals surface area contributed by atoms with Crippen LogP contribution in [-0.2, 0) is 4.79 Å². The minimum atomic E-state index is 0.0404. The maximum atomic E-state index is 12.0. The third-order valence-corrected chi connectivity index (χ3v) is 3.85. The predicted molar refractivity (Wildman–Crippen MR) is 91.7 cm³/mol. The summed E-state index contributed by atoms with van der Waals surface area (Å²) in [6.45, 7) is 4.03. The molecular formula is C17H20ClN3O. The molecule has 1 amide bonds. The average Bonchev–Trinajstić information content (AvgIpc) is 2.52. The highest BCUT2D eigenvalue weighted by atomic mass is 35.5. The number of anilines is 3. The lowest BCUT2D eigenvalue weighted by atomic mass is 10.0. The van der Waals surface area contributed by atoms with E-state index in [1.807, 2.05) is 50.2 Å². The third kappa shape index (κ3) is 4.21. The molecule has 0 fully saturated rings. The fourth-order valence-electron chi connectivity index (χ4n) is 2.15. The van der Waals surface area contributed by atoms with Gasteiger partial charge >= 0.3 is 0 Å². The average molecular weight is 318 g/mol. The Bertz CT molecular complexity index is 624. The van der Waals surface area contributed by atoms with Gasteiger partial charge in [-0.2, -0.15) is 0 Å². The lowest BCUT2D eigenvalue weighted by Crippen LogP contribution is -2.21. The van der Waals surface area contributed by atoms with Gasteiger partial charge in [0.2, 0.25) is 5.91 Å². The highest BCUT2D eigenvalue weighted by Gasteiger charge is 2.14. The molecule has 1 aromatic carbocycles. The van der Waals surface area contributed by atoms with Gasteiger partial charge in [0.15, 0.2) is 0 Å². The Balaban J connectivity index is 2.02. The number of para-hydroxylation sites is 1. The Morgan fingerprint density at radius 1 is 1.18 bits per heavy atom. The monoisotopic (exact) mass is 317 g/mol. The maximum Gasteiger partial charge on any atom is 0.227 e. The molecule has 0 bridgehead atoms. The van der Waals surface area contributed by atoms with E-state index in [1.165, 1.54) is 0 Å². The predicted octanol–water partition coefficient (Wildman–Crippen LogP) is 4.85. The summed E-state index contributed by atoms with van der Waals surface area (Å²) in [5.74, 6) is 0.758. The number of carbonyl (C=O) groups excluding carboxylic acids is 1. The molecule has 0 unspecified atom stereocenters. The molecule has 2 aromatic rings. The van der Waals surface area contributed by atoms with E-state index in [4.69, 9.17) is 11.6 Å². The lowest BCUT2D eigenvalue weighted by Gasteiger charge is -2.13. The Hall–Kier alpha value is -2.07. The normalized spacial score (nSPS) is 10.5.